The lowest BCUT2D eigenvalue weighted by Gasteiger charge is -2.10. The summed E-state index contributed by atoms with van der Waals surface area (Å²) in [7, 11) is 0. The molecule has 0 aliphatic rings. The summed E-state index contributed by atoms with van der Waals surface area (Å²) >= 11 is 0. The summed E-state index contributed by atoms with van der Waals surface area (Å²) < 4.78 is 15.2. The van der Waals surface area contributed by atoms with Crippen molar-refractivity contribution in [1.29, 1.82) is 0 Å². The first-order valence-electron chi connectivity index (χ1n) is 7.87. The highest BCUT2D eigenvalue weighted by Crippen LogP contribution is 2.25. The molecule has 1 heterocycles. The van der Waals surface area contributed by atoms with Crippen LogP contribution >= 0.6 is 0 Å². The summed E-state index contributed by atoms with van der Waals surface area (Å²) in [6.07, 6.45) is 2.50. The van der Waals surface area contributed by atoms with Crippen molar-refractivity contribution in [3.05, 3.63) is 70.5 Å². The zero-order valence-electron chi connectivity index (χ0n) is 14.4. The van der Waals surface area contributed by atoms with Gasteiger partial charge in [-0.1, -0.05) is 0 Å². The van der Waals surface area contributed by atoms with E-state index in [2.05, 4.69) is 20.7 Å². The van der Waals surface area contributed by atoms with E-state index in [1.807, 2.05) is 0 Å². The Bertz CT molecular complexity index is 1070. The Morgan fingerprint density at radius 1 is 1.18 bits per heavy atom. The minimum Gasteiger partial charge on any atom is -0.326 e. The average Bonchev–Trinajstić information content (AvgIpc) is 3.18. The second kappa shape index (κ2) is 7.61. The fourth-order valence-corrected chi connectivity index (χ4v) is 2.43. The van der Waals surface area contributed by atoms with E-state index in [0.717, 1.165) is 12.1 Å². The summed E-state index contributed by atoms with van der Waals surface area (Å²) in [5.74, 6) is -1.84. The highest BCUT2D eigenvalue weighted by Gasteiger charge is 2.20. The summed E-state index contributed by atoms with van der Waals surface area (Å²) in [6.45, 7) is 1.29. The maximum absolute atomic E-state index is 14.0. The van der Waals surface area contributed by atoms with Crippen molar-refractivity contribution in [2.75, 3.05) is 10.6 Å². The first-order valence-corrected chi connectivity index (χ1v) is 7.87. The number of benzene rings is 2. The van der Waals surface area contributed by atoms with Gasteiger partial charge in [0.1, 0.15) is 24.2 Å². The van der Waals surface area contributed by atoms with Crippen molar-refractivity contribution in [2.45, 2.75) is 6.92 Å². The Morgan fingerprint density at radius 2 is 1.96 bits per heavy atom. The van der Waals surface area contributed by atoms with Crippen molar-refractivity contribution in [1.82, 2.24) is 14.8 Å². The average molecular weight is 384 g/mol. The Morgan fingerprint density at radius 3 is 2.61 bits per heavy atom. The standard InChI is InChI=1S/C17H13FN6O4/c1-10(25)21-12-3-4-13(18)14(7-12)22-17(26)11-2-5-15(16(6-11)24(27)28)23-9-19-8-20-23/h2-9H,1H3,(H,21,25)(H,22,26). The molecule has 2 amide bonds. The third-order valence-electron chi connectivity index (χ3n) is 3.63. The maximum Gasteiger partial charge on any atom is 0.295 e. The number of halogens is 1. The number of hydrogen-bond acceptors (Lipinski definition) is 6. The molecule has 0 bridgehead atoms. The second-order valence-corrected chi connectivity index (χ2v) is 5.63. The third-order valence-corrected chi connectivity index (χ3v) is 3.63. The predicted molar refractivity (Wildman–Crippen MR) is 96.7 cm³/mol. The van der Waals surface area contributed by atoms with E-state index in [1.165, 1.54) is 48.5 Å². The Labute approximate surface area is 157 Å². The molecule has 0 spiro atoms. The molecule has 10 nitrogen and oxygen atoms in total. The number of nitro groups is 1. The Balaban J connectivity index is 1.90. The van der Waals surface area contributed by atoms with Crippen LogP contribution in [0.1, 0.15) is 17.3 Å². The lowest BCUT2D eigenvalue weighted by Crippen LogP contribution is -2.14. The van der Waals surface area contributed by atoms with Crippen molar-refractivity contribution in [2.24, 2.45) is 0 Å². The molecular formula is C17H13FN6O4. The van der Waals surface area contributed by atoms with E-state index in [1.54, 1.807) is 0 Å². The van der Waals surface area contributed by atoms with Crippen LogP contribution in [0.25, 0.3) is 5.69 Å². The van der Waals surface area contributed by atoms with Gasteiger partial charge in [0.15, 0.2) is 0 Å². The van der Waals surface area contributed by atoms with Gasteiger partial charge in [0.2, 0.25) is 5.91 Å². The molecule has 0 radical (unpaired) electrons. The monoisotopic (exact) mass is 384 g/mol. The largest absolute Gasteiger partial charge is 0.326 e. The molecule has 11 heteroatoms. The number of nitro benzene ring substituents is 1. The van der Waals surface area contributed by atoms with Crippen LogP contribution in [0, 0.1) is 15.9 Å². The number of rotatable bonds is 5. The molecule has 3 rings (SSSR count). The van der Waals surface area contributed by atoms with Crippen LogP contribution in [-0.4, -0.2) is 31.5 Å². The van der Waals surface area contributed by atoms with Crippen LogP contribution < -0.4 is 10.6 Å². The summed E-state index contributed by atoms with van der Waals surface area (Å²) in [5, 5.41) is 20.0. The molecule has 3 aromatic rings. The second-order valence-electron chi connectivity index (χ2n) is 5.63. The first-order chi connectivity index (χ1) is 13.3. The Kier molecular flexibility index (Phi) is 5.07. The van der Waals surface area contributed by atoms with Gasteiger partial charge in [-0.2, -0.15) is 5.10 Å². The van der Waals surface area contributed by atoms with Crippen LogP contribution in [0.2, 0.25) is 0 Å². The van der Waals surface area contributed by atoms with E-state index in [9.17, 15) is 24.1 Å². The van der Waals surface area contributed by atoms with Gasteiger partial charge < -0.3 is 10.6 Å². The molecule has 1 aromatic heterocycles. The van der Waals surface area contributed by atoms with E-state index in [4.69, 9.17) is 0 Å². The molecule has 0 aliphatic heterocycles. The van der Waals surface area contributed by atoms with Crippen molar-refractivity contribution >= 4 is 28.9 Å². The molecule has 142 valence electrons. The smallest absolute Gasteiger partial charge is 0.295 e. The van der Waals surface area contributed by atoms with E-state index in [-0.39, 0.29) is 34.2 Å². The highest BCUT2D eigenvalue weighted by molar-refractivity contribution is 6.05. The number of anilines is 2. The van der Waals surface area contributed by atoms with Gasteiger partial charge >= 0.3 is 0 Å². The van der Waals surface area contributed by atoms with Gasteiger partial charge in [-0.3, -0.25) is 19.7 Å². The van der Waals surface area contributed by atoms with Crippen LogP contribution in [0.4, 0.5) is 21.5 Å². The van der Waals surface area contributed by atoms with Crippen molar-refractivity contribution in [3.63, 3.8) is 0 Å². The van der Waals surface area contributed by atoms with Crippen LogP contribution in [0.3, 0.4) is 0 Å². The summed E-state index contributed by atoms with van der Waals surface area (Å²) in [6, 6.07) is 7.40. The van der Waals surface area contributed by atoms with E-state index in [0.29, 0.717) is 0 Å². The molecule has 0 atom stereocenters. The molecule has 0 aliphatic carbocycles. The first kappa shape index (κ1) is 18.6. The molecule has 0 saturated carbocycles. The van der Waals surface area contributed by atoms with Crippen LogP contribution in [0.15, 0.2) is 49.1 Å². The zero-order chi connectivity index (χ0) is 20.3. The maximum atomic E-state index is 14.0. The molecule has 2 aromatic carbocycles. The zero-order valence-corrected chi connectivity index (χ0v) is 14.4. The van der Waals surface area contributed by atoms with Gasteiger partial charge in [0.05, 0.1) is 10.6 Å². The van der Waals surface area contributed by atoms with Crippen LogP contribution in [-0.2, 0) is 4.79 Å². The number of amides is 2. The SMILES string of the molecule is CC(=O)Nc1ccc(F)c(NC(=O)c2ccc(-n3cncn3)c([N+](=O)[O-])c2)c1. The molecular weight excluding hydrogens is 371 g/mol. The van der Waals surface area contributed by atoms with Gasteiger partial charge in [-0.05, 0) is 30.3 Å². The number of carbonyl (C=O) groups excluding carboxylic acids is 2. The van der Waals surface area contributed by atoms with Gasteiger partial charge in [-0.25, -0.2) is 14.1 Å². The number of carbonyl (C=O) groups is 2. The fraction of sp³-hybridized carbons (Fsp3) is 0.0588. The summed E-state index contributed by atoms with van der Waals surface area (Å²) in [4.78, 5) is 38.0. The molecule has 0 unspecified atom stereocenters. The molecule has 2 N–H and O–H groups in total. The lowest BCUT2D eigenvalue weighted by atomic mass is 10.1. The number of hydrogen-bond donors (Lipinski definition) is 2. The topological polar surface area (TPSA) is 132 Å². The molecule has 0 saturated heterocycles. The van der Waals surface area contributed by atoms with Crippen LogP contribution in [0.5, 0.6) is 0 Å². The van der Waals surface area contributed by atoms with E-state index >= 15 is 0 Å². The van der Waals surface area contributed by atoms with Gasteiger partial charge in [-0.15, -0.1) is 0 Å². The summed E-state index contributed by atoms with van der Waals surface area (Å²) in [5.41, 5.74) is -0.195. The fourth-order valence-electron chi connectivity index (χ4n) is 2.43. The lowest BCUT2D eigenvalue weighted by molar-refractivity contribution is -0.384. The van der Waals surface area contributed by atoms with E-state index < -0.39 is 16.6 Å². The van der Waals surface area contributed by atoms with Gasteiger partial charge in [0.25, 0.3) is 11.6 Å². The van der Waals surface area contributed by atoms with Crippen molar-refractivity contribution < 1.29 is 18.9 Å². The Hall–Kier alpha value is -4.15. The normalized spacial score (nSPS) is 10.4. The number of nitrogens with zero attached hydrogens (tertiary/aromatic N) is 4. The highest BCUT2D eigenvalue weighted by atomic mass is 19.1. The molecule has 28 heavy (non-hydrogen) atoms. The van der Waals surface area contributed by atoms with Crippen molar-refractivity contribution in [3.8, 4) is 5.69 Å². The number of nitrogens with one attached hydrogen (secondary N) is 2. The minimum atomic E-state index is -0.757. The minimum absolute atomic E-state index is 0.0557. The number of aromatic nitrogens is 3. The quantitative estimate of drug-likeness (QED) is 0.513. The van der Waals surface area contributed by atoms with Gasteiger partial charge in [0, 0.05) is 24.2 Å². The third kappa shape index (κ3) is 3.98. The predicted octanol–water partition coefficient (Wildman–Crippen LogP) is 2.53. The molecule has 0 fully saturated rings.